The second kappa shape index (κ2) is 5.34. The van der Waals surface area contributed by atoms with Crippen LogP contribution in [0.5, 0.6) is 5.75 Å². The van der Waals surface area contributed by atoms with Crippen molar-refractivity contribution in [2.24, 2.45) is 0 Å². The molecule has 0 amide bonds. The highest BCUT2D eigenvalue weighted by Gasteiger charge is 2.13. The van der Waals surface area contributed by atoms with Crippen LogP contribution in [-0.4, -0.2) is 35.2 Å². The Kier molecular flexibility index (Phi) is 3.61. The molecule has 6 heteroatoms. The molecule has 0 saturated heterocycles. The molecule has 0 aliphatic heterocycles. The third-order valence-corrected chi connectivity index (χ3v) is 2.60. The van der Waals surface area contributed by atoms with Crippen LogP contribution in [-0.2, 0) is 0 Å². The normalized spacial score (nSPS) is 10.0. The lowest BCUT2D eigenvalue weighted by Gasteiger charge is -2.07. The number of anilines is 1. The number of hydrogen-bond acceptors (Lipinski definition) is 5. The monoisotopic (exact) mass is 259 g/mol. The van der Waals surface area contributed by atoms with Gasteiger partial charge >= 0.3 is 5.97 Å². The number of carbonyl (C=O) groups is 1. The summed E-state index contributed by atoms with van der Waals surface area (Å²) in [6.45, 7) is 0. The van der Waals surface area contributed by atoms with Crippen molar-refractivity contribution >= 4 is 11.8 Å². The Morgan fingerprint density at radius 2 is 2.00 bits per heavy atom. The number of nitrogens with zero attached hydrogens (tertiary/aromatic N) is 2. The summed E-state index contributed by atoms with van der Waals surface area (Å²) < 4.78 is 5.07. The van der Waals surface area contributed by atoms with Crippen molar-refractivity contribution in [3.8, 4) is 17.1 Å². The fraction of sp³-hybridized carbons (Fsp3) is 0.154. The van der Waals surface area contributed by atoms with E-state index in [0.717, 1.165) is 11.3 Å². The highest BCUT2D eigenvalue weighted by molar-refractivity contribution is 5.93. The summed E-state index contributed by atoms with van der Waals surface area (Å²) in [5.41, 5.74) is 0.828. The lowest BCUT2D eigenvalue weighted by Crippen LogP contribution is -2.07. The van der Waals surface area contributed by atoms with E-state index in [4.69, 9.17) is 9.84 Å². The first-order valence-electron chi connectivity index (χ1n) is 5.58. The zero-order valence-electron chi connectivity index (χ0n) is 10.5. The van der Waals surface area contributed by atoms with Gasteiger partial charge in [-0.3, -0.25) is 0 Å². The van der Waals surface area contributed by atoms with Crippen molar-refractivity contribution in [3.63, 3.8) is 0 Å². The number of ether oxygens (including phenoxy) is 1. The van der Waals surface area contributed by atoms with Crippen LogP contribution in [0.25, 0.3) is 11.4 Å². The molecule has 2 rings (SSSR count). The van der Waals surface area contributed by atoms with E-state index in [9.17, 15) is 4.79 Å². The number of aromatic nitrogens is 2. The van der Waals surface area contributed by atoms with Gasteiger partial charge in [0.1, 0.15) is 17.1 Å². The third-order valence-electron chi connectivity index (χ3n) is 2.60. The van der Waals surface area contributed by atoms with Crippen molar-refractivity contribution in [1.82, 2.24) is 9.97 Å². The van der Waals surface area contributed by atoms with Gasteiger partial charge in [0.2, 0.25) is 0 Å². The van der Waals surface area contributed by atoms with Crippen LogP contribution in [0.4, 0.5) is 5.82 Å². The maximum Gasteiger partial charge on any atom is 0.341 e. The van der Waals surface area contributed by atoms with E-state index in [2.05, 4.69) is 15.3 Å². The zero-order chi connectivity index (χ0) is 13.8. The number of hydrogen-bond donors (Lipinski definition) is 2. The molecule has 1 heterocycles. The van der Waals surface area contributed by atoms with E-state index in [1.54, 1.807) is 26.3 Å². The quantitative estimate of drug-likeness (QED) is 0.872. The topological polar surface area (TPSA) is 84.3 Å². The minimum Gasteiger partial charge on any atom is -0.497 e. The van der Waals surface area contributed by atoms with Gasteiger partial charge in [-0.15, -0.1) is 0 Å². The SMILES string of the molecule is CNc1nc(-c2ccc(OC)cc2)ncc1C(=O)O. The van der Waals surface area contributed by atoms with Gasteiger partial charge < -0.3 is 15.2 Å². The molecule has 1 aromatic heterocycles. The van der Waals surface area contributed by atoms with Crippen LogP contribution in [0.1, 0.15) is 10.4 Å². The van der Waals surface area contributed by atoms with Gasteiger partial charge in [-0.1, -0.05) is 0 Å². The van der Waals surface area contributed by atoms with Crippen molar-refractivity contribution in [1.29, 1.82) is 0 Å². The van der Waals surface area contributed by atoms with Crippen LogP contribution in [0.15, 0.2) is 30.5 Å². The minimum absolute atomic E-state index is 0.0414. The summed E-state index contributed by atoms with van der Waals surface area (Å²) in [6.07, 6.45) is 1.29. The predicted molar refractivity (Wildman–Crippen MR) is 70.5 cm³/mol. The highest BCUT2D eigenvalue weighted by atomic mass is 16.5. The Bertz CT molecular complexity index is 597. The smallest absolute Gasteiger partial charge is 0.341 e. The first-order valence-corrected chi connectivity index (χ1v) is 5.58. The molecule has 6 nitrogen and oxygen atoms in total. The second-order valence-corrected chi connectivity index (χ2v) is 3.74. The van der Waals surface area contributed by atoms with Crippen molar-refractivity contribution < 1.29 is 14.6 Å². The molecule has 0 aliphatic rings. The number of nitrogens with one attached hydrogen (secondary N) is 1. The van der Waals surface area contributed by atoms with Gasteiger partial charge in [0, 0.05) is 18.8 Å². The zero-order valence-corrected chi connectivity index (χ0v) is 10.5. The molecule has 2 N–H and O–H groups in total. The summed E-state index contributed by atoms with van der Waals surface area (Å²) in [7, 11) is 3.21. The standard InChI is InChI=1S/C13H13N3O3/c1-14-12-10(13(17)18)7-15-11(16-12)8-3-5-9(19-2)6-4-8/h3-7H,1-2H3,(H,17,18)(H,14,15,16). The van der Waals surface area contributed by atoms with Gasteiger partial charge in [-0.05, 0) is 24.3 Å². The van der Waals surface area contributed by atoms with Crippen LogP contribution in [0, 0.1) is 0 Å². The molecule has 1 aromatic carbocycles. The van der Waals surface area contributed by atoms with Crippen molar-refractivity contribution in [2.75, 3.05) is 19.5 Å². The second-order valence-electron chi connectivity index (χ2n) is 3.74. The van der Waals surface area contributed by atoms with Crippen molar-refractivity contribution in [2.45, 2.75) is 0 Å². The summed E-state index contributed by atoms with van der Waals surface area (Å²) in [4.78, 5) is 19.2. The van der Waals surface area contributed by atoms with Crippen LogP contribution < -0.4 is 10.1 Å². The number of aromatic carboxylic acids is 1. The highest BCUT2D eigenvalue weighted by Crippen LogP contribution is 2.21. The van der Waals surface area contributed by atoms with E-state index in [0.29, 0.717) is 5.82 Å². The fourth-order valence-electron chi connectivity index (χ4n) is 1.61. The summed E-state index contributed by atoms with van der Waals surface area (Å²) >= 11 is 0. The van der Waals surface area contributed by atoms with Crippen LogP contribution in [0.3, 0.4) is 0 Å². The Morgan fingerprint density at radius 3 is 2.53 bits per heavy atom. The summed E-state index contributed by atoms with van der Waals surface area (Å²) in [5, 5.41) is 11.7. The van der Waals surface area contributed by atoms with Gasteiger partial charge in [0.05, 0.1) is 7.11 Å². The van der Waals surface area contributed by atoms with Crippen LogP contribution in [0.2, 0.25) is 0 Å². The number of methoxy groups -OCH3 is 1. The van der Waals surface area contributed by atoms with E-state index in [1.807, 2.05) is 12.1 Å². The Hall–Kier alpha value is -2.63. The molecule has 98 valence electrons. The van der Waals surface area contributed by atoms with E-state index >= 15 is 0 Å². The fourth-order valence-corrected chi connectivity index (χ4v) is 1.61. The van der Waals surface area contributed by atoms with E-state index in [1.165, 1.54) is 6.20 Å². The Morgan fingerprint density at radius 1 is 1.32 bits per heavy atom. The van der Waals surface area contributed by atoms with Gasteiger partial charge in [-0.2, -0.15) is 0 Å². The number of benzene rings is 1. The first-order chi connectivity index (χ1) is 9.15. The van der Waals surface area contributed by atoms with Crippen LogP contribution >= 0.6 is 0 Å². The molecule has 0 spiro atoms. The Balaban J connectivity index is 2.42. The maximum absolute atomic E-state index is 11.0. The predicted octanol–water partition coefficient (Wildman–Crippen LogP) is 1.89. The molecule has 2 aromatic rings. The van der Waals surface area contributed by atoms with E-state index in [-0.39, 0.29) is 11.4 Å². The molecule has 0 saturated carbocycles. The summed E-state index contributed by atoms with van der Waals surface area (Å²) in [5.74, 6) is 0.413. The largest absolute Gasteiger partial charge is 0.497 e. The number of carboxylic acid groups (broad SMARTS) is 1. The summed E-state index contributed by atoms with van der Waals surface area (Å²) in [6, 6.07) is 7.22. The average molecular weight is 259 g/mol. The molecule has 0 aliphatic carbocycles. The molecule has 0 unspecified atom stereocenters. The molecular weight excluding hydrogens is 246 g/mol. The Labute approximate surface area is 110 Å². The molecule has 0 atom stereocenters. The molecule has 0 radical (unpaired) electrons. The molecular formula is C13H13N3O3. The van der Waals surface area contributed by atoms with Gasteiger partial charge in [-0.25, -0.2) is 14.8 Å². The minimum atomic E-state index is -1.06. The first kappa shape index (κ1) is 12.8. The molecule has 0 bridgehead atoms. The number of carboxylic acids is 1. The average Bonchev–Trinajstić information content (AvgIpc) is 2.46. The van der Waals surface area contributed by atoms with Gasteiger partial charge in [0.15, 0.2) is 5.82 Å². The maximum atomic E-state index is 11.0. The van der Waals surface area contributed by atoms with Crippen molar-refractivity contribution in [3.05, 3.63) is 36.0 Å². The molecule has 0 fully saturated rings. The third kappa shape index (κ3) is 2.62. The van der Waals surface area contributed by atoms with Gasteiger partial charge in [0.25, 0.3) is 0 Å². The molecule has 19 heavy (non-hydrogen) atoms. The lowest BCUT2D eigenvalue weighted by atomic mass is 10.2. The van der Waals surface area contributed by atoms with E-state index < -0.39 is 5.97 Å². The lowest BCUT2D eigenvalue weighted by molar-refractivity contribution is 0.0697. The number of rotatable bonds is 4.